The van der Waals surface area contributed by atoms with Crippen LogP contribution in [-0.2, 0) is 4.79 Å². The van der Waals surface area contributed by atoms with Crippen molar-refractivity contribution in [2.45, 2.75) is 33.1 Å². The van der Waals surface area contributed by atoms with Gasteiger partial charge in [-0.3, -0.25) is 4.79 Å². The van der Waals surface area contributed by atoms with Crippen molar-refractivity contribution in [3.05, 3.63) is 0 Å². The SMILES string of the molecule is CC(C)C(=O)NCCNCCCCCN. The minimum Gasteiger partial charge on any atom is -0.355 e. The predicted octanol–water partition coefficient (Wildman–Crippen LogP) is 0.477. The van der Waals surface area contributed by atoms with E-state index in [9.17, 15) is 4.79 Å². The van der Waals surface area contributed by atoms with Crippen LogP contribution >= 0.6 is 0 Å². The molecule has 0 aliphatic rings. The molecular formula is C11H25N3O. The molecule has 0 aromatic carbocycles. The molecule has 0 unspecified atom stereocenters. The summed E-state index contributed by atoms with van der Waals surface area (Å²) in [6.07, 6.45) is 3.45. The second-order valence-electron chi connectivity index (χ2n) is 4.05. The molecule has 0 aromatic heterocycles. The van der Waals surface area contributed by atoms with Crippen LogP contribution < -0.4 is 16.4 Å². The van der Waals surface area contributed by atoms with E-state index in [4.69, 9.17) is 5.73 Å². The summed E-state index contributed by atoms with van der Waals surface area (Å²) in [5.74, 6) is 0.203. The Morgan fingerprint density at radius 2 is 1.87 bits per heavy atom. The van der Waals surface area contributed by atoms with Crippen molar-refractivity contribution >= 4 is 5.91 Å². The third-order valence-corrected chi connectivity index (χ3v) is 2.18. The van der Waals surface area contributed by atoms with E-state index in [1.165, 1.54) is 6.42 Å². The quantitative estimate of drug-likeness (QED) is 0.490. The number of amides is 1. The first kappa shape index (κ1) is 14.4. The summed E-state index contributed by atoms with van der Waals surface area (Å²) >= 11 is 0. The van der Waals surface area contributed by atoms with E-state index < -0.39 is 0 Å². The first-order valence-corrected chi connectivity index (χ1v) is 5.87. The van der Waals surface area contributed by atoms with Gasteiger partial charge in [-0.2, -0.15) is 0 Å². The average molecular weight is 215 g/mol. The smallest absolute Gasteiger partial charge is 0.222 e. The fraction of sp³-hybridized carbons (Fsp3) is 0.909. The molecule has 0 spiro atoms. The third kappa shape index (κ3) is 9.69. The highest BCUT2D eigenvalue weighted by Crippen LogP contribution is 1.91. The minimum atomic E-state index is 0.0783. The third-order valence-electron chi connectivity index (χ3n) is 2.18. The molecule has 0 rings (SSSR count). The number of rotatable bonds is 9. The van der Waals surface area contributed by atoms with Gasteiger partial charge < -0.3 is 16.4 Å². The summed E-state index contributed by atoms with van der Waals surface area (Å²) in [6.45, 7) is 7.15. The van der Waals surface area contributed by atoms with E-state index in [0.717, 1.165) is 32.5 Å². The van der Waals surface area contributed by atoms with Gasteiger partial charge in [-0.15, -0.1) is 0 Å². The Morgan fingerprint density at radius 1 is 1.13 bits per heavy atom. The summed E-state index contributed by atoms with van der Waals surface area (Å²) < 4.78 is 0. The Bertz CT molecular complexity index is 160. The summed E-state index contributed by atoms with van der Waals surface area (Å²) in [7, 11) is 0. The molecule has 4 N–H and O–H groups in total. The van der Waals surface area contributed by atoms with Crippen LogP contribution in [0.4, 0.5) is 0 Å². The van der Waals surface area contributed by atoms with Gasteiger partial charge in [-0.05, 0) is 25.9 Å². The molecule has 0 heterocycles. The van der Waals surface area contributed by atoms with Crippen LogP contribution in [0.25, 0.3) is 0 Å². The molecule has 0 aliphatic heterocycles. The topological polar surface area (TPSA) is 67.2 Å². The lowest BCUT2D eigenvalue weighted by Crippen LogP contribution is -2.34. The van der Waals surface area contributed by atoms with Crippen LogP contribution in [-0.4, -0.2) is 32.1 Å². The zero-order valence-corrected chi connectivity index (χ0v) is 10.0. The standard InChI is InChI=1S/C11H25N3O/c1-10(2)11(15)14-9-8-13-7-5-3-4-6-12/h10,13H,3-9,12H2,1-2H3,(H,14,15). The molecule has 4 nitrogen and oxygen atoms in total. The molecule has 90 valence electrons. The normalized spacial score (nSPS) is 10.7. The van der Waals surface area contributed by atoms with Gasteiger partial charge in [0.15, 0.2) is 0 Å². The van der Waals surface area contributed by atoms with Crippen LogP contribution in [0.15, 0.2) is 0 Å². The maximum Gasteiger partial charge on any atom is 0.222 e. The molecule has 0 aliphatic carbocycles. The lowest BCUT2D eigenvalue weighted by Gasteiger charge is -2.08. The second-order valence-corrected chi connectivity index (χ2v) is 4.05. The molecule has 0 saturated heterocycles. The van der Waals surface area contributed by atoms with Gasteiger partial charge in [-0.25, -0.2) is 0 Å². The van der Waals surface area contributed by atoms with Crippen molar-refractivity contribution in [2.24, 2.45) is 11.7 Å². The maximum absolute atomic E-state index is 11.2. The van der Waals surface area contributed by atoms with Crippen molar-refractivity contribution in [2.75, 3.05) is 26.2 Å². The van der Waals surface area contributed by atoms with E-state index in [2.05, 4.69) is 10.6 Å². The molecule has 0 radical (unpaired) electrons. The highest BCUT2D eigenvalue weighted by atomic mass is 16.1. The van der Waals surface area contributed by atoms with E-state index in [-0.39, 0.29) is 11.8 Å². The van der Waals surface area contributed by atoms with Gasteiger partial charge in [0.05, 0.1) is 0 Å². The largest absolute Gasteiger partial charge is 0.355 e. The second kappa shape index (κ2) is 9.93. The van der Waals surface area contributed by atoms with E-state index in [1.807, 2.05) is 13.8 Å². The van der Waals surface area contributed by atoms with Crippen molar-refractivity contribution in [3.63, 3.8) is 0 Å². The van der Waals surface area contributed by atoms with E-state index >= 15 is 0 Å². The van der Waals surface area contributed by atoms with E-state index in [0.29, 0.717) is 6.54 Å². The summed E-state index contributed by atoms with van der Waals surface area (Å²) in [5.41, 5.74) is 5.38. The molecule has 0 bridgehead atoms. The molecule has 0 aromatic rings. The first-order chi connectivity index (χ1) is 7.18. The minimum absolute atomic E-state index is 0.0783. The number of hydrogen-bond donors (Lipinski definition) is 3. The number of nitrogens with one attached hydrogen (secondary N) is 2. The van der Waals surface area contributed by atoms with Crippen LogP contribution in [0, 0.1) is 5.92 Å². The average Bonchev–Trinajstić information content (AvgIpc) is 2.21. The fourth-order valence-corrected chi connectivity index (χ4v) is 1.17. The van der Waals surface area contributed by atoms with Gasteiger partial charge in [0.25, 0.3) is 0 Å². The zero-order valence-electron chi connectivity index (χ0n) is 10.0. The number of nitrogens with two attached hydrogens (primary N) is 1. The molecule has 0 atom stereocenters. The van der Waals surface area contributed by atoms with Gasteiger partial charge >= 0.3 is 0 Å². The molecule has 0 saturated carbocycles. The molecule has 4 heteroatoms. The molecular weight excluding hydrogens is 190 g/mol. The monoisotopic (exact) mass is 215 g/mol. The summed E-state index contributed by atoms with van der Waals surface area (Å²) in [5, 5.41) is 6.15. The highest BCUT2D eigenvalue weighted by molar-refractivity contribution is 5.77. The lowest BCUT2D eigenvalue weighted by molar-refractivity contribution is -0.123. The summed E-state index contributed by atoms with van der Waals surface area (Å²) in [4.78, 5) is 11.2. The van der Waals surface area contributed by atoms with Crippen molar-refractivity contribution in [1.29, 1.82) is 0 Å². The number of carbonyl (C=O) groups excluding carboxylic acids is 1. The molecule has 0 fully saturated rings. The van der Waals surface area contributed by atoms with Gasteiger partial charge in [0.1, 0.15) is 0 Å². The van der Waals surface area contributed by atoms with Gasteiger partial charge in [-0.1, -0.05) is 20.3 Å². The zero-order chi connectivity index (χ0) is 11.5. The Hall–Kier alpha value is -0.610. The molecule has 1 amide bonds. The number of hydrogen-bond acceptors (Lipinski definition) is 3. The first-order valence-electron chi connectivity index (χ1n) is 5.87. The van der Waals surface area contributed by atoms with Crippen LogP contribution in [0.5, 0.6) is 0 Å². The maximum atomic E-state index is 11.2. The van der Waals surface area contributed by atoms with Gasteiger partial charge in [0, 0.05) is 19.0 Å². The fourth-order valence-electron chi connectivity index (χ4n) is 1.17. The number of carbonyl (C=O) groups is 1. The van der Waals surface area contributed by atoms with E-state index in [1.54, 1.807) is 0 Å². The predicted molar refractivity (Wildman–Crippen MR) is 63.6 cm³/mol. The van der Waals surface area contributed by atoms with Crippen molar-refractivity contribution in [3.8, 4) is 0 Å². The Labute approximate surface area is 93.0 Å². The van der Waals surface area contributed by atoms with Crippen LogP contribution in [0.3, 0.4) is 0 Å². The lowest BCUT2D eigenvalue weighted by atomic mass is 10.2. The van der Waals surface area contributed by atoms with Crippen LogP contribution in [0.2, 0.25) is 0 Å². The Morgan fingerprint density at radius 3 is 2.47 bits per heavy atom. The summed E-state index contributed by atoms with van der Waals surface area (Å²) in [6, 6.07) is 0. The van der Waals surface area contributed by atoms with Crippen molar-refractivity contribution < 1.29 is 4.79 Å². The Kier molecular flexibility index (Phi) is 9.52. The number of unbranched alkanes of at least 4 members (excludes halogenated alkanes) is 2. The van der Waals surface area contributed by atoms with Crippen molar-refractivity contribution in [1.82, 2.24) is 10.6 Å². The Balaban J connectivity index is 3.08. The molecule has 15 heavy (non-hydrogen) atoms. The van der Waals surface area contributed by atoms with Crippen LogP contribution in [0.1, 0.15) is 33.1 Å². The van der Waals surface area contributed by atoms with Gasteiger partial charge in [0.2, 0.25) is 5.91 Å². The highest BCUT2D eigenvalue weighted by Gasteiger charge is 2.04.